The quantitative estimate of drug-likeness (QED) is 0.840. The minimum atomic E-state index is -0.954. The lowest BCUT2D eigenvalue weighted by Gasteiger charge is -2.38. The number of rotatable bonds is 5. The molecule has 0 spiro atoms. The van der Waals surface area contributed by atoms with Gasteiger partial charge in [-0.3, -0.25) is 14.4 Å². The van der Waals surface area contributed by atoms with Gasteiger partial charge in [0.15, 0.2) is 0 Å². The highest BCUT2D eigenvalue weighted by Crippen LogP contribution is 2.44. The molecule has 1 aromatic carbocycles. The molecule has 2 N–H and O–H groups in total. The van der Waals surface area contributed by atoms with Crippen molar-refractivity contribution < 1.29 is 19.5 Å². The van der Waals surface area contributed by atoms with Crippen molar-refractivity contribution >= 4 is 35.1 Å². The maximum Gasteiger partial charge on any atom is 0.310 e. The number of nitrogens with zero attached hydrogens (tertiary/aromatic N) is 1. The first-order valence-corrected chi connectivity index (χ1v) is 8.89. The first kappa shape index (κ1) is 17.7. The normalized spacial score (nSPS) is 22.2. The minimum Gasteiger partial charge on any atom is -0.481 e. The number of carboxylic acids is 1. The highest BCUT2D eigenvalue weighted by atomic mass is 35.5. The van der Waals surface area contributed by atoms with E-state index in [0.29, 0.717) is 36.5 Å². The van der Waals surface area contributed by atoms with Crippen LogP contribution in [-0.4, -0.2) is 35.5 Å². The van der Waals surface area contributed by atoms with Gasteiger partial charge >= 0.3 is 5.97 Å². The van der Waals surface area contributed by atoms with Crippen LogP contribution in [0.2, 0.25) is 5.02 Å². The van der Waals surface area contributed by atoms with E-state index in [9.17, 15) is 19.5 Å². The van der Waals surface area contributed by atoms with Gasteiger partial charge in [0, 0.05) is 13.0 Å². The molecular formula is C18H21ClN2O4. The van der Waals surface area contributed by atoms with Gasteiger partial charge in [-0.15, -0.1) is 0 Å². The van der Waals surface area contributed by atoms with Crippen molar-refractivity contribution in [3.63, 3.8) is 0 Å². The molecule has 1 aromatic rings. The topological polar surface area (TPSA) is 86.7 Å². The molecule has 0 radical (unpaired) electrons. The van der Waals surface area contributed by atoms with E-state index >= 15 is 0 Å². The average molecular weight is 365 g/mol. The molecule has 0 bridgehead atoms. The van der Waals surface area contributed by atoms with Gasteiger partial charge in [0.1, 0.15) is 6.04 Å². The summed E-state index contributed by atoms with van der Waals surface area (Å²) in [4.78, 5) is 38.0. The molecule has 1 heterocycles. The Kier molecular flexibility index (Phi) is 4.99. The fourth-order valence-electron chi connectivity index (χ4n) is 3.54. The number of para-hydroxylation sites is 1. The molecule has 7 heteroatoms. The van der Waals surface area contributed by atoms with E-state index in [1.807, 2.05) is 6.07 Å². The molecule has 1 saturated heterocycles. The van der Waals surface area contributed by atoms with E-state index in [-0.39, 0.29) is 18.2 Å². The fourth-order valence-corrected chi connectivity index (χ4v) is 3.78. The number of nitrogens with one attached hydrogen (secondary N) is 1. The summed E-state index contributed by atoms with van der Waals surface area (Å²) >= 11 is 6.18. The highest BCUT2D eigenvalue weighted by Gasteiger charge is 2.46. The summed E-state index contributed by atoms with van der Waals surface area (Å²) in [5, 5.41) is 12.6. The van der Waals surface area contributed by atoms with Crippen LogP contribution in [0.3, 0.4) is 0 Å². The van der Waals surface area contributed by atoms with E-state index in [0.717, 1.165) is 12.8 Å². The Morgan fingerprint density at radius 1 is 1.28 bits per heavy atom. The monoisotopic (exact) mass is 364 g/mol. The summed E-state index contributed by atoms with van der Waals surface area (Å²) in [7, 11) is 0. The van der Waals surface area contributed by atoms with E-state index < -0.39 is 17.4 Å². The Balaban J connectivity index is 1.66. The van der Waals surface area contributed by atoms with Gasteiger partial charge in [-0.25, -0.2) is 0 Å². The Morgan fingerprint density at radius 2 is 2.00 bits per heavy atom. The van der Waals surface area contributed by atoms with E-state index in [4.69, 9.17) is 11.6 Å². The number of piperidine rings is 1. The van der Waals surface area contributed by atoms with Gasteiger partial charge in [-0.1, -0.05) is 30.2 Å². The van der Waals surface area contributed by atoms with Crippen LogP contribution >= 0.6 is 11.6 Å². The molecule has 3 rings (SSSR count). The van der Waals surface area contributed by atoms with Crippen molar-refractivity contribution in [2.45, 2.75) is 44.6 Å². The number of benzene rings is 1. The first-order chi connectivity index (χ1) is 11.9. The van der Waals surface area contributed by atoms with Crippen LogP contribution in [-0.2, 0) is 14.4 Å². The number of amides is 2. The lowest BCUT2D eigenvalue weighted by Crippen LogP contribution is -2.54. The second-order valence-corrected chi connectivity index (χ2v) is 7.23. The summed E-state index contributed by atoms with van der Waals surface area (Å²) in [5.41, 5.74) is -0.321. The van der Waals surface area contributed by atoms with Crippen molar-refractivity contribution in [1.82, 2.24) is 5.32 Å². The molecule has 1 aliphatic heterocycles. The lowest BCUT2D eigenvalue weighted by atomic mass is 9.66. The zero-order chi connectivity index (χ0) is 18.0. The number of anilines is 1. The van der Waals surface area contributed by atoms with Crippen LogP contribution in [0.4, 0.5) is 5.69 Å². The van der Waals surface area contributed by atoms with Crippen molar-refractivity contribution in [3.8, 4) is 0 Å². The Bertz CT molecular complexity index is 702. The van der Waals surface area contributed by atoms with Gasteiger partial charge in [0.05, 0.1) is 16.1 Å². The van der Waals surface area contributed by atoms with E-state index in [1.165, 1.54) is 0 Å². The fraction of sp³-hybridized carbons (Fsp3) is 0.500. The number of hydrogen-bond acceptors (Lipinski definition) is 3. The average Bonchev–Trinajstić information content (AvgIpc) is 2.53. The van der Waals surface area contributed by atoms with Crippen molar-refractivity contribution in [1.29, 1.82) is 0 Å². The molecule has 134 valence electrons. The number of hydrogen-bond donors (Lipinski definition) is 2. The van der Waals surface area contributed by atoms with Crippen molar-refractivity contribution in [2.75, 3.05) is 11.4 Å². The standard InChI is InChI=1S/C18H21ClN2O4/c19-12-5-1-2-7-14(12)21-10-3-6-13(16(21)23)20-15(22)11-18(17(24)25)8-4-9-18/h1-2,5,7,13H,3-4,6,8-11H2,(H,20,22)(H,24,25). The predicted octanol–water partition coefficient (Wildman–Crippen LogP) is 2.60. The Morgan fingerprint density at radius 3 is 2.60 bits per heavy atom. The molecule has 1 saturated carbocycles. The molecule has 1 unspecified atom stereocenters. The van der Waals surface area contributed by atoms with Gasteiger partial charge in [-0.05, 0) is 37.8 Å². The van der Waals surface area contributed by atoms with Crippen LogP contribution < -0.4 is 10.2 Å². The molecule has 2 fully saturated rings. The number of carbonyl (C=O) groups excluding carboxylic acids is 2. The van der Waals surface area contributed by atoms with Gasteiger partial charge in [0.25, 0.3) is 0 Å². The third-order valence-electron chi connectivity index (χ3n) is 5.18. The largest absolute Gasteiger partial charge is 0.481 e. The SMILES string of the molecule is O=C(CC1(C(=O)O)CCC1)NC1CCCN(c2ccccc2Cl)C1=O. The summed E-state index contributed by atoms with van der Waals surface area (Å²) in [6, 6.07) is 6.47. The molecule has 2 aliphatic rings. The molecule has 2 amide bonds. The lowest BCUT2D eigenvalue weighted by molar-refractivity contribution is -0.157. The molecule has 1 atom stereocenters. The van der Waals surface area contributed by atoms with Crippen LogP contribution in [0.15, 0.2) is 24.3 Å². The summed E-state index contributed by atoms with van der Waals surface area (Å²) in [6.07, 6.45) is 3.07. The van der Waals surface area contributed by atoms with E-state index in [1.54, 1.807) is 23.1 Å². The predicted molar refractivity (Wildman–Crippen MR) is 93.5 cm³/mol. The van der Waals surface area contributed by atoms with Crippen LogP contribution in [0.5, 0.6) is 0 Å². The third kappa shape index (κ3) is 3.49. The third-order valence-corrected chi connectivity index (χ3v) is 5.50. The summed E-state index contributed by atoms with van der Waals surface area (Å²) in [5.74, 6) is -1.51. The second kappa shape index (κ2) is 7.04. The maximum atomic E-state index is 12.7. The Labute approximate surface area is 151 Å². The molecule has 6 nitrogen and oxygen atoms in total. The van der Waals surface area contributed by atoms with E-state index in [2.05, 4.69) is 5.32 Å². The molecule has 0 aromatic heterocycles. The van der Waals surface area contributed by atoms with Gasteiger partial charge in [-0.2, -0.15) is 0 Å². The smallest absolute Gasteiger partial charge is 0.310 e. The summed E-state index contributed by atoms with van der Waals surface area (Å²) in [6.45, 7) is 0.550. The number of aliphatic carboxylic acids is 1. The Hall–Kier alpha value is -2.08. The number of carboxylic acid groups (broad SMARTS) is 1. The van der Waals surface area contributed by atoms with Crippen molar-refractivity contribution in [3.05, 3.63) is 29.3 Å². The van der Waals surface area contributed by atoms with Gasteiger partial charge in [0.2, 0.25) is 11.8 Å². The number of halogens is 1. The molecule has 25 heavy (non-hydrogen) atoms. The maximum absolute atomic E-state index is 12.7. The van der Waals surface area contributed by atoms with Gasteiger partial charge < -0.3 is 15.3 Å². The highest BCUT2D eigenvalue weighted by molar-refractivity contribution is 6.33. The van der Waals surface area contributed by atoms with Crippen LogP contribution in [0, 0.1) is 5.41 Å². The first-order valence-electron chi connectivity index (χ1n) is 8.52. The molecule has 1 aliphatic carbocycles. The zero-order valence-electron chi connectivity index (χ0n) is 13.8. The minimum absolute atomic E-state index is 0.0712. The number of carbonyl (C=O) groups is 3. The molecular weight excluding hydrogens is 344 g/mol. The van der Waals surface area contributed by atoms with Crippen LogP contribution in [0.25, 0.3) is 0 Å². The summed E-state index contributed by atoms with van der Waals surface area (Å²) < 4.78 is 0. The van der Waals surface area contributed by atoms with Crippen LogP contribution in [0.1, 0.15) is 38.5 Å². The second-order valence-electron chi connectivity index (χ2n) is 6.82. The van der Waals surface area contributed by atoms with Crippen molar-refractivity contribution in [2.24, 2.45) is 5.41 Å². The zero-order valence-corrected chi connectivity index (χ0v) is 14.6.